The average Bonchev–Trinajstić information content (AvgIpc) is 2.78. The molecule has 1 aromatic heterocycles. The summed E-state index contributed by atoms with van der Waals surface area (Å²) < 4.78 is 11.1. The molecule has 0 fully saturated rings. The first kappa shape index (κ1) is 18.2. The van der Waals surface area contributed by atoms with Crippen molar-refractivity contribution < 1.29 is 14.4 Å². The second-order valence-corrected chi connectivity index (χ2v) is 7.08. The van der Waals surface area contributed by atoms with Gasteiger partial charge >= 0.3 is 5.69 Å². The van der Waals surface area contributed by atoms with Gasteiger partial charge in [0.25, 0.3) is 0 Å². The van der Waals surface area contributed by atoms with Crippen molar-refractivity contribution in [2.24, 2.45) is 0 Å². The quantitative estimate of drug-likeness (QED) is 0.520. The van der Waals surface area contributed by atoms with Gasteiger partial charge in [-0.3, -0.25) is 10.1 Å². The average molecular weight is 405 g/mol. The molecule has 0 amide bonds. The number of fused-ring (bicyclic) bond motifs is 2. The number of nitro groups is 1. The molecule has 0 unspecified atom stereocenters. The first-order chi connectivity index (χ1) is 14.7. The second-order valence-electron chi connectivity index (χ2n) is 7.08. The molecule has 0 saturated heterocycles. The molecule has 2 aliphatic rings. The first-order valence-electron chi connectivity index (χ1n) is 9.67. The number of hydrogen-bond acceptors (Lipinski definition) is 8. The van der Waals surface area contributed by atoms with Crippen LogP contribution in [0.4, 0.5) is 23.0 Å². The maximum absolute atomic E-state index is 12.0. The lowest BCUT2D eigenvalue weighted by molar-refractivity contribution is -0.383. The largest absolute Gasteiger partial charge is 0.486 e. The molecule has 3 heterocycles. The molecule has 9 heteroatoms. The number of ether oxygens (including phenoxy) is 2. The van der Waals surface area contributed by atoms with Gasteiger partial charge in [0, 0.05) is 24.8 Å². The fourth-order valence-electron chi connectivity index (χ4n) is 3.79. The van der Waals surface area contributed by atoms with Crippen LogP contribution >= 0.6 is 0 Å². The Bertz CT molecular complexity index is 1120. The molecule has 0 bridgehead atoms. The molecule has 0 aliphatic carbocycles. The van der Waals surface area contributed by atoms with Crippen molar-refractivity contribution in [3.63, 3.8) is 0 Å². The van der Waals surface area contributed by atoms with Crippen LogP contribution in [0.5, 0.6) is 11.5 Å². The zero-order valence-electron chi connectivity index (χ0n) is 16.1. The molecule has 0 spiro atoms. The van der Waals surface area contributed by atoms with Crippen LogP contribution in [0.15, 0.2) is 48.8 Å². The second kappa shape index (κ2) is 7.51. The normalized spacial score (nSPS) is 14.7. The van der Waals surface area contributed by atoms with Gasteiger partial charge in [0.2, 0.25) is 11.6 Å². The topological polar surface area (TPSA) is 103 Å². The van der Waals surface area contributed by atoms with Gasteiger partial charge in [0.15, 0.2) is 11.5 Å². The van der Waals surface area contributed by atoms with Crippen molar-refractivity contribution in [2.45, 2.75) is 13.0 Å². The van der Waals surface area contributed by atoms with Gasteiger partial charge in [-0.2, -0.15) is 0 Å². The van der Waals surface area contributed by atoms with Crippen molar-refractivity contribution in [1.29, 1.82) is 0 Å². The highest BCUT2D eigenvalue weighted by atomic mass is 16.6. The molecular weight excluding hydrogens is 386 g/mol. The lowest BCUT2D eigenvalue weighted by Crippen LogP contribution is -2.31. The van der Waals surface area contributed by atoms with Crippen LogP contribution in [0.25, 0.3) is 0 Å². The molecule has 1 N–H and O–H groups in total. The Balaban J connectivity index is 1.48. The molecule has 0 atom stereocenters. The van der Waals surface area contributed by atoms with E-state index in [0.717, 1.165) is 12.0 Å². The number of benzene rings is 2. The zero-order valence-corrected chi connectivity index (χ0v) is 16.1. The SMILES string of the molecule is O=[N+]([O-])c1c(Nc2ccc3c(c2)OCCO3)ncnc1N1CCc2ccccc2C1. The van der Waals surface area contributed by atoms with E-state index in [4.69, 9.17) is 9.47 Å². The van der Waals surface area contributed by atoms with E-state index in [1.165, 1.54) is 11.9 Å². The predicted molar refractivity (Wildman–Crippen MR) is 111 cm³/mol. The van der Waals surface area contributed by atoms with E-state index >= 15 is 0 Å². The summed E-state index contributed by atoms with van der Waals surface area (Å²) in [6, 6.07) is 13.4. The Morgan fingerprint density at radius 2 is 1.83 bits per heavy atom. The smallest absolute Gasteiger partial charge is 0.353 e. The van der Waals surface area contributed by atoms with Gasteiger partial charge in [-0.1, -0.05) is 24.3 Å². The van der Waals surface area contributed by atoms with Crippen LogP contribution in [-0.2, 0) is 13.0 Å². The van der Waals surface area contributed by atoms with Crippen LogP contribution < -0.4 is 19.7 Å². The molecular formula is C21H19N5O4. The minimum atomic E-state index is -0.434. The summed E-state index contributed by atoms with van der Waals surface area (Å²) in [5.41, 5.74) is 2.89. The predicted octanol–water partition coefficient (Wildman–Crippen LogP) is 3.46. The van der Waals surface area contributed by atoms with Gasteiger partial charge in [-0.05, 0) is 29.7 Å². The summed E-state index contributed by atoms with van der Waals surface area (Å²) in [4.78, 5) is 21.9. The van der Waals surface area contributed by atoms with Gasteiger partial charge in [-0.25, -0.2) is 9.97 Å². The first-order valence-corrected chi connectivity index (χ1v) is 9.67. The van der Waals surface area contributed by atoms with E-state index in [0.29, 0.717) is 49.3 Å². The van der Waals surface area contributed by atoms with E-state index in [9.17, 15) is 10.1 Å². The molecule has 5 rings (SSSR count). The summed E-state index contributed by atoms with van der Waals surface area (Å²) in [5, 5.41) is 15.0. The van der Waals surface area contributed by atoms with E-state index in [-0.39, 0.29) is 11.5 Å². The highest BCUT2D eigenvalue weighted by Crippen LogP contribution is 2.38. The number of anilines is 3. The Morgan fingerprint density at radius 1 is 1.03 bits per heavy atom. The molecule has 0 saturated carbocycles. The van der Waals surface area contributed by atoms with Gasteiger partial charge in [0.1, 0.15) is 19.5 Å². The lowest BCUT2D eigenvalue weighted by atomic mass is 10.00. The van der Waals surface area contributed by atoms with Crippen LogP contribution in [0.2, 0.25) is 0 Å². The van der Waals surface area contributed by atoms with E-state index in [2.05, 4.69) is 21.4 Å². The Hall–Kier alpha value is -3.88. The van der Waals surface area contributed by atoms with Gasteiger partial charge in [-0.15, -0.1) is 0 Å². The van der Waals surface area contributed by atoms with Crippen LogP contribution in [0.3, 0.4) is 0 Å². The van der Waals surface area contributed by atoms with Crippen LogP contribution in [0.1, 0.15) is 11.1 Å². The van der Waals surface area contributed by atoms with Crippen molar-refractivity contribution in [2.75, 3.05) is 30.0 Å². The number of nitrogens with zero attached hydrogens (tertiary/aromatic N) is 4. The molecule has 3 aromatic rings. The Morgan fingerprint density at radius 3 is 2.67 bits per heavy atom. The summed E-state index contributed by atoms with van der Waals surface area (Å²) >= 11 is 0. The van der Waals surface area contributed by atoms with Gasteiger partial charge < -0.3 is 19.7 Å². The van der Waals surface area contributed by atoms with Crippen molar-refractivity contribution in [1.82, 2.24) is 9.97 Å². The summed E-state index contributed by atoms with van der Waals surface area (Å²) in [6.45, 7) is 2.18. The fraction of sp³-hybridized carbons (Fsp3) is 0.238. The highest BCUT2D eigenvalue weighted by molar-refractivity contribution is 5.75. The van der Waals surface area contributed by atoms with Gasteiger partial charge in [0.05, 0.1) is 4.92 Å². The van der Waals surface area contributed by atoms with Crippen molar-refractivity contribution >= 4 is 23.0 Å². The minimum Gasteiger partial charge on any atom is -0.486 e. The summed E-state index contributed by atoms with van der Waals surface area (Å²) in [6.07, 6.45) is 2.16. The van der Waals surface area contributed by atoms with E-state index in [1.807, 2.05) is 23.1 Å². The maximum atomic E-state index is 12.0. The molecule has 152 valence electrons. The number of nitrogens with one attached hydrogen (secondary N) is 1. The fourth-order valence-corrected chi connectivity index (χ4v) is 3.79. The number of hydrogen-bond donors (Lipinski definition) is 1. The van der Waals surface area contributed by atoms with E-state index < -0.39 is 4.92 Å². The third kappa shape index (κ3) is 3.34. The van der Waals surface area contributed by atoms with E-state index in [1.54, 1.807) is 18.2 Å². The highest BCUT2D eigenvalue weighted by Gasteiger charge is 2.29. The Kier molecular flexibility index (Phi) is 4.55. The lowest BCUT2D eigenvalue weighted by Gasteiger charge is -2.29. The molecule has 2 aliphatic heterocycles. The maximum Gasteiger partial charge on any atom is 0.353 e. The van der Waals surface area contributed by atoms with Crippen LogP contribution in [0, 0.1) is 10.1 Å². The van der Waals surface area contributed by atoms with Crippen molar-refractivity contribution in [3.8, 4) is 11.5 Å². The number of rotatable bonds is 4. The third-order valence-corrected chi connectivity index (χ3v) is 5.22. The number of aromatic nitrogens is 2. The standard InChI is InChI=1S/C21H19N5O4/c27-26(28)19-20(24-16-5-6-17-18(11-16)30-10-9-29-17)22-13-23-21(19)25-8-7-14-3-1-2-4-15(14)12-25/h1-6,11,13H,7-10,12H2,(H,22,23,24). The zero-order chi connectivity index (χ0) is 20.5. The molecule has 0 radical (unpaired) electrons. The van der Waals surface area contributed by atoms with Crippen LogP contribution in [-0.4, -0.2) is 34.6 Å². The molecule has 9 nitrogen and oxygen atoms in total. The third-order valence-electron chi connectivity index (χ3n) is 5.22. The Labute approximate surface area is 172 Å². The minimum absolute atomic E-state index is 0.139. The molecule has 30 heavy (non-hydrogen) atoms. The summed E-state index contributed by atoms with van der Waals surface area (Å²) in [5.74, 6) is 1.69. The van der Waals surface area contributed by atoms with Crippen molar-refractivity contribution in [3.05, 3.63) is 70.0 Å². The monoisotopic (exact) mass is 405 g/mol. The summed E-state index contributed by atoms with van der Waals surface area (Å²) in [7, 11) is 0. The molecule has 2 aromatic carbocycles.